The van der Waals surface area contributed by atoms with Gasteiger partial charge in [0.25, 0.3) is 0 Å². The number of unbranched alkanes of at least 4 members (excludes halogenated alkanes) is 2. The van der Waals surface area contributed by atoms with Gasteiger partial charge in [0.15, 0.2) is 5.96 Å². The third-order valence-electron chi connectivity index (χ3n) is 3.52. The lowest BCUT2D eigenvalue weighted by atomic mass is 10.1. The van der Waals surface area contributed by atoms with Gasteiger partial charge in [0, 0.05) is 23.2 Å². The largest absolute Gasteiger partial charge is 0.357 e. The number of halogens is 1. The molecule has 2 atom stereocenters. The van der Waals surface area contributed by atoms with E-state index in [0.717, 1.165) is 23.8 Å². The summed E-state index contributed by atoms with van der Waals surface area (Å²) in [5, 5.41) is 6.69. The van der Waals surface area contributed by atoms with E-state index in [1.54, 1.807) is 0 Å². The summed E-state index contributed by atoms with van der Waals surface area (Å²) in [5.41, 5.74) is 0. The molecule has 6 heteroatoms. The zero-order valence-electron chi connectivity index (χ0n) is 15.1. The van der Waals surface area contributed by atoms with Crippen LogP contribution in [-0.2, 0) is 10.8 Å². The number of benzene rings is 1. The molecule has 2 unspecified atom stereocenters. The molecule has 0 aliphatic rings. The fourth-order valence-corrected chi connectivity index (χ4v) is 3.21. The molecule has 4 nitrogen and oxygen atoms in total. The molecule has 0 saturated carbocycles. The van der Waals surface area contributed by atoms with Crippen LogP contribution >= 0.6 is 24.0 Å². The summed E-state index contributed by atoms with van der Waals surface area (Å²) < 4.78 is 12.2. The number of nitrogens with zero attached hydrogens (tertiary/aromatic N) is 1. The van der Waals surface area contributed by atoms with Crippen molar-refractivity contribution in [2.45, 2.75) is 57.4 Å². The predicted octanol–water partition coefficient (Wildman–Crippen LogP) is 3.94. The molecule has 0 heterocycles. The van der Waals surface area contributed by atoms with Gasteiger partial charge in [0.1, 0.15) is 0 Å². The Balaban J connectivity index is 0.00000529. The van der Waals surface area contributed by atoms with Crippen molar-refractivity contribution in [1.29, 1.82) is 0 Å². The summed E-state index contributed by atoms with van der Waals surface area (Å²) >= 11 is 0. The molecular formula is C18H32IN3OS. The zero-order chi connectivity index (χ0) is 16.9. The molecule has 0 amide bonds. The van der Waals surface area contributed by atoms with Crippen LogP contribution in [0, 0.1) is 0 Å². The van der Waals surface area contributed by atoms with Crippen LogP contribution in [0.4, 0.5) is 0 Å². The third kappa shape index (κ3) is 10.3. The zero-order valence-corrected chi connectivity index (χ0v) is 18.2. The minimum absolute atomic E-state index is 0. The molecule has 24 heavy (non-hydrogen) atoms. The van der Waals surface area contributed by atoms with Gasteiger partial charge in [-0.25, -0.2) is 0 Å². The van der Waals surface area contributed by atoms with E-state index < -0.39 is 10.8 Å². The third-order valence-corrected chi connectivity index (χ3v) is 4.87. The van der Waals surface area contributed by atoms with Crippen molar-refractivity contribution in [3.8, 4) is 0 Å². The SMILES string of the molecule is CCCCCC(C)NC(=NCCS(=O)c1ccccc1)NCC.I. The lowest BCUT2D eigenvalue weighted by Gasteiger charge is -2.17. The second-order valence-corrected chi connectivity index (χ2v) is 7.24. The molecule has 0 bridgehead atoms. The van der Waals surface area contributed by atoms with Crippen molar-refractivity contribution in [3.63, 3.8) is 0 Å². The number of nitrogens with one attached hydrogen (secondary N) is 2. The Morgan fingerprint density at radius 2 is 1.92 bits per heavy atom. The number of hydrogen-bond donors (Lipinski definition) is 2. The van der Waals surface area contributed by atoms with Gasteiger partial charge in [-0.1, -0.05) is 44.4 Å². The highest BCUT2D eigenvalue weighted by molar-refractivity contribution is 14.0. The van der Waals surface area contributed by atoms with E-state index in [4.69, 9.17) is 0 Å². The normalized spacial score (nSPS) is 13.7. The van der Waals surface area contributed by atoms with Gasteiger partial charge in [0.05, 0.1) is 17.3 Å². The Morgan fingerprint density at radius 1 is 1.21 bits per heavy atom. The lowest BCUT2D eigenvalue weighted by molar-refractivity contribution is 0.547. The van der Waals surface area contributed by atoms with Crippen molar-refractivity contribution < 1.29 is 4.21 Å². The average Bonchev–Trinajstić information content (AvgIpc) is 2.56. The molecule has 1 aromatic carbocycles. The monoisotopic (exact) mass is 465 g/mol. The van der Waals surface area contributed by atoms with Crippen LogP contribution < -0.4 is 10.6 Å². The fourth-order valence-electron chi connectivity index (χ4n) is 2.26. The van der Waals surface area contributed by atoms with E-state index in [1.165, 1.54) is 19.3 Å². The van der Waals surface area contributed by atoms with Gasteiger partial charge in [-0.15, -0.1) is 24.0 Å². The van der Waals surface area contributed by atoms with Gasteiger partial charge >= 0.3 is 0 Å². The van der Waals surface area contributed by atoms with Crippen LogP contribution in [0.1, 0.15) is 46.5 Å². The van der Waals surface area contributed by atoms with Gasteiger partial charge in [-0.3, -0.25) is 9.20 Å². The summed E-state index contributed by atoms with van der Waals surface area (Å²) in [4.78, 5) is 5.42. The molecule has 0 radical (unpaired) electrons. The Kier molecular flexibility index (Phi) is 14.3. The second kappa shape index (κ2) is 14.7. The molecule has 0 aliphatic heterocycles. The van der Waals surface area contributed by atoms with Crippen molar-refractivity contribution in [1.82, 2.24) is 10.6 Å². The van der Waals surface area contributed by atoms with Crippen molar-refractivity contribution in [3.05, 3.63) is 30.3 Å². The Hall–Kier alpha value is -0.630. The smallest absolute Gasteiger partial charge is 0.191 e. The highest BCUT2D eigenvalue weighted by atomic mass is 127. The molecule has 0 saturated heterocycles. The summed E-state index contributed by atoms with van der Waals surface area (Å²) in [7, 11) is -0.985. The molecule has 0 aliphatic carbocycles. The van der Waals surface area contributed by atoms with Crippen LogP contribution in [0.25, 0.3) is 0 Å². The predicted molar refractivity (Wildman–Crippen MR) is 116 cm³/mol. The van der Waals surface area contributed by atoms with E-state index in [2.05, 4.69) is 36.4 Å². The molecule has 1 rings (SSSR count). The van der Waals surface area contributed by atoms with E-state index in [-0.39, 0.29) is 24.0 Å². The minimum atomic E-state index is -0.985. The van der Waals surface area contributed by atoms with Crippen LogP contribution in [0.3, 0.4) is 0 Å². The molecule has 1 aromatic rings. The summed E-state index contributed by atoms with van der Waals surface area (Å²) in [5.74, 6) is 1.37. The second-order valence-electron chi connectivity index (χ2n) is 5.66. The Labute approximate surface area is 166 Å². The molecule has 0 aromatic heterocycles. The van der Waals surface area contributed by atoms with Crippen LogP contribution in [0.15, 0.2) is 40.2 Å². The topological polar surface area (TPSA) is 53.5 Å². The van der Waals surface area contributed by atoms with Gasteiger partial charge in [-0.05, 0) is 32.4 Å². The van der Waals surface area contributed by atoms with E-state index in [9.17, 15) is 4.21 Å². The van der Waals surface area contributed by atoms with E-state index in [0.29, 0.717) is 18.3 Å². The molecule has 0 spiro atoms. The highest BCUT2D eigenvalue weighted by Crippen LogP contribution is 2.05. The first-order valence-electron chi connectivity index (χ1n) is 8.65. The van der Waals surface area contributed by atoms with Gasteiger partial charge in [-0.2, -0.15) is 0 Å². The van der Waals surface area contributed by atoms with E-state index >= 15 is 0 Å². The maximum atomic E-state index is 12.2. The van der Waals surface area contributed by atoms with Crippen molar-refractivity contribution >= 4 is 40.7 Å². The van der Waals surface area contributed by atoms with E-state index in [1.807, 2.05) is 30.3 Å². The van der Waals surface area contributed by atoms with Crippen LogP contribution in [0.2, 0.25) is 0 Å². The summed E-state index contributed by atoms with van der Waals surface area (Å²) in [6.07, 6.45) is 4.90. The van der Waals surface area contributed by atoms with Crippen LogP contribution in [-0.4, -0.2) is 35.1 Å². The first kappa shape index (κ1) is 23.4. The Bertz CT molecular complexity index is 482. The molecule has 2 N–H and O–H groups in total. The standard InChI is InChI=1S/C18H31N3OS.HI/c1-4-6-8-11-16(3)21-18(19-5-2)20-14-15-23(22)17-12-9-7-10-13-17;/h7,9-10,12-13,16H,4-6,8,11,14-15H2,1-3H3,(H2,19,20,21);1H. The highest BCUT2D eigenvalue weighted by Gasteiger charge is 2.06. The quantitative estimate of drug-likeness (QED) is 0.238. The summed E-state index contributed by atoms with van der Waals surface area (Å²) in [6, 6.07) is 9.98. The van der Waals surface area contributed by atoms with Gasteiger partial charge < -0.3 is 10.6 Å². The maximum absolute atomic E-state index is 12.2. The van der Waals surface area contributed by atoms with Crippen molar-refractivity contribution in [2.24, 2.45) is 4.99 Å². The van der Waals surface area contributed by atoms with Crippen molar-refractivity contribution in [2.75, 3.05) is 18.8 Å². The molecular weight excluding hydrogens is 433 g/mol. The van der Waals surface area contributed by atoms with Crippen LogP contribution in [0.5, 0.6) is 0 Å². The maximum Gasteiger partial charge on any atom is 0.191 e. The number of guanidine groups is 1. The number of aliphatic imine (C=N–C) groups is 1. The molecule has 0 fully saturated rings. The average molecular weight is 465 g/mol. The minimum Gasteiger partial charge on any atom is -0.357 e. The summed E-state index contributed by atoms with van der Waals surface area (Å²) in [6.45, 7) is 7.84. The lowest BCUT2D eigenvalue weighted by Crippen LogP contribution is -2.42. The molecule has 138 valence electrons. The van der Waals surface area contributed by atoms with Gasteiger partial charge in [0.2, 0.25) is 0 Å². The fraction of sp³-hybridized carbons (Fsp3) is 0.611. The number of hydrogen-bond acceptors (Lipinski definition) is 2. The number of rotatable bonds is 10. The first-order valence-corrected chi connectivity index (χ1v) is 9.97. The Morgan fingerprint density at radius 3 is 2.54 bits per heavy atom. The first-order chi connectivity index (χ1) is 11.2.